The first-order valence-corrected chi connectivity index (χ1v) is 9.27. The van der Waals surface area contributed by atoms with Gasteiger partial charge in [0.15, 0.2) is 0 Å². The number of hydrogen-bond donors (Lipinski definition) is 0. The Labute approximate surface area is 144 Å². The molecule has 2 fully saturated rings. The summed E-state index contributed by atoms with van der Waals surface area (Å²) in [7, 11) is 0. The third-order valence-electron chi connectivity index (χ3n) is 5.13. The molecule has 0 unspecified atom stereocenters. The zero-order chi connectivity index (χ0) is 16.9. The molecule has 2 saturated heterocycles. The lowest BCUT2D eigenvalue weighted by Crippen LogP contribution is -2.49. The summed E-state index contributed by atoms with van der Waals surface area (Å²) in [5, 5.41) is 0. The van der Waals surface area contributed by atoms with Gasteiger partial charge in [0.05, 0.1) is 0 Å². The van der Waals surface area contributed by atoms with E-state index in [-0.39, 0.29) is 5.91 Å². The van der Waals surface area contributed by atoms with Crippen molar-refractivity contribution in [1.29, 1.82) is 0 Å². The van der Waals surface area contributed by atoms with Crippen molar-refractivity contribution < 1.29 is 4.79 Å². The van der Waals surface area contributed by atoms with Gasteiger partial charge in [-0.05, 0) is 37.8 Å². The van der Waals surface area contributed by atoms with Crippen LogP contribution in [0.1, 0.15) is 43.6 Å². The first-order chi connectivity index (χ1) is 11.7. The SMILES string of the molecule is CCCN1CCN(C(=O)c2ccnc(N3CCC(C)CC3)n2)CC1. The molecule has 6 nitrogen and oxygen atoms in total. The Morgan fingerprint density at radius 3 is 2.54 bits per heavy atom. The summed E-state index contributed by atoms with van der Waals surface area (Å²) in [4.78, 5) is 28.3. The number of amides is 1. The van der Waals surface area contributed by atoms with Gasteiger partial charge in [-0.25, -0.2) is 9.97 Å². The molecular formula is C18H29N5O. The maximum atomic E-state index is 12.7. The first-order valence-electron chi connectivity index (χ1n) is 9.27. The lowest BCUT2D eigenvalue weighted by Gasteiger charge is -2.34. The zero-order valence-electron chi connectivity index (χ0n) is 14.9. The van der Waals surface area contributed by atoms with Crippen molar-refractivity contribution in [1.82, 2.24) is 19.8 Å². The van der Waals surface area contributed by atoms with E-state index in [4.69, 9.17) is 0 Å². The number of piperidine rings is 1. The van der Waals surface area contributed by atoms with Gasteiger partial charge >= 0.3 is 0 Å². The van der Waals surface area contributed by atoms with Gasteiger partial charge in [-0.3, -0.25) is 9.69 Å². The van der Waals surface area contributed by atoms with E-state index in [0.29, 0.717) is 11.6 Å². The van der Waals surface area contributed by atoms with Crippen LogP contribution in [-0.2, 0) is 0 Å². The van der Waals surface area contributed by atoms with Crippen molar-refractivity contribution >= 4 is 11.9 Å². The molecule has 3 rings (SSSR count). The van der Waals surface area contributed by atoms with E-state index >= 15 is 0 Å². The molecule has 0 bridgehead atoms. The number of aromatic nitrogens is 2. The highest BCUT2D eigenvalue weighted by molar-refractivity contribution is 5.92. The fourth-order valence-corrected chi connectivity index (χ4v) is 3.48. The van der Waals surface area contributed by atoms with Crippen LogP contribution in [0.15, 0.2) is 12.3 Å². The third-order valence-corrected chi connectivity index (χ3v) is 5.13. The van der Waals surface area contributed by atoms with Crippen LogP contribution in [0.5, 0.6) is 0 Å². The molecule has 0 atom stereocenters. The van der Waals surface area contributed by atoms with E-state index in [9.17, 15) is 4.79 Å². The second kappa shape index (κ2) is 7.92. The van der Waals surface area contributed by atoms with E-state index in [1.54, 1.807) is 12.3 Å². The fourth-order valence-electron chi connectivity index (χ4n) is 3.48. The molecule has 2 aliphatic heterocycles. The average Bonchev–Trinajstić information content (AvgIpc) is 2.63. The van der Waals surface area contributed by atoms with Gasteiger partial charge in [0, 0.05) is 45.5 Å². The number of carbonyl (C=O) groups excluding carboxylic acids is 1. The molecule has 1 amide bonds. The quantitative estimate of drug-likeness (QED) is 0.843. The van der Waals surface area contributed by atoms with Gasteiger partial charge < -0.3 is 9.80 Å². The molecule has 24 heavy (non-hydrogen) atoms. The van der Waals surface area contributed by atoms with E-state index in [2.05, 4.69) is 33.6 Å². The summed E-state index contributed by atoms with van der Waals surface area (Å²) in [5.41, 5.74) is 0.530. The van der Waals surface area contributed by atoms with Gasteiger partial charge in [0.1, 0.15) is 5.69 Å². The Kier molecular flexibility index (Phi) is 5.66. The summed E-state index contributed by atoms with van der Waals surface area (Å²) in [6.07, 6.45) is 5.22. The molecule has 0 aliphatic carbocycles. The van der Waals surface area contributed by atoms with Crippen LogP contribution in [-0.4, -0.2) is 71.5 Å². The minimum atomic E-state index is 0.0418. The molecule has 0 aromatic carbocycles. The summed E-state index contributed by atoms with van der Waals surface area (Å²) in [6.45, 7) is 11.1. The predicted octanol–water partition coefficient (Wildman–Crippen LogP) is 1.88. The normalized spacial score (nSPS) is 20.4. The number of hydrogen-bond acceptors (Lipinski definition) is 5. The van der Waals surface area contributed by atoms with Crippen molar-refractivity contribution in [2.45, 2.75) is 33.1 Å². The smallest absolute Gasteiger partial charge is 0.272 e. The summed E-state index contributed by atoms with van der Waals surface area (Å²) in [5.74, 6) is 1.52. The molecule has 1 aromatic heterocycles. The van der Waals surface area contributed by atoms with Crippen LogP contribution in [0.2, 0.25) is 0 Å². The number of piperazine rings is 1. The van der Waals surface area contributed by atoms with Crippen molar-refractivity contribution in [2.75, 3.05) is 50.7 Å². The number of carbonyl (C=O) groups is 1. The van der Waals surface area contributed by atoms with Crippen molar-refractivity contribution in [2.24, 2.45) is 5.92 Å². The van der Waals surface area contributed by atoms with Crippen molar-refractivity contribution in [3.63, 3.8) is 0 Å². The van der Waals surface area contributed by atoms with Crippen molar-refractivity contribution in [3.8, 4) is 0 Å². The lowest BCUT2D eigenvalue weighted by atomic mass is 10.00. The monoisotopic (exact) mass is 331 g/mol. The van der Waals surface area contributed by atoms with Crippen LogP contribution in [0, 0.1) is 5.92 Å². The first kappa shape index (κ1) is 17.1. The van der Waals surface area contributed by atoms with E-state index in [0.717, 1.165) is 58.2 Å². The Balaban J connectivity index is 1.62. The number of rotatable bonds is 4. The van der Waals surface area contributed by atoms with E-state index in [1.807, 2.05) is 4.90 Å². The molecule has 0 radical (unpaired) electrons. The Morgan fingerprint density at radius 2 is 1.88 bits per heavy atom. The van der Waals surface area contributed by atoms with Crippen LogP contribution < -0.4 is 4.90 Å². The average molecular weight is 331 g/mol. The van der Waals surface area contributed by atoms with Gasteiger partial charge in [-0.1, -0.05) is 13.8 Å². The van der Waals surface area contributed by atoms with Crippen LogP contribution in [0.25, 0.3) is 0 Å². The molecule has 0 spiro atoms. The minimum Gasteiger partial charge on any atom is -0.341 e. The van der Waals surface area contributed by atoms with Crippen LogP contribution in [0.3, 0.4) is 0 Å². The van der Waals surface area contributed by atoms with Gasteiger partial charge in [0.25, 0.3) is 5.91 Å². The fraction of sp³-hybridized carbons (Fsp3) is 0.722. The standard InChI is InChI=1S/C18H29N5O/c1-3-8-21-11-13-22(14-12-21)17(24)16-4-7-19-18(20-16)23-9-5-15(2)6-10-23/h4,7,15H,3,5-6,8-14H2,1-2H3. The second-order valence-electron chi connectivity index (χ2n) is 7.05. The third kappa shape index (κ3) is 4.04. The van der Waals surface area contributed by atoms with E-state index in [1.165, 1.54) is 12.8 Å². The highest BCUT2D eigenvalue weighted by atomic mass is 16.2. The van der Waals surface area contributed by atoms with Gasteiger partial charge in [0.2, 0.25) is 5.95 Å². The largest absolute Gasteiger partial charge is 0.341 e. The van der Waals surface area contributed by atoms with Crippen molar-refractivity contribution in [3.05, 3.63) is 18.0 Å². The highest BCUT2D eigenvalue weighted by Crippen LogP contribution is 2.20. The van der Waals surface area contributed by atoms with Gasteiger partial charge in [-0.15, -0.1) is 0 Å². The topological polar surface area (TPSA) is 52.6 Å². The molecule has 3 heterocycles. The maximum Gasteiger partial charge on any atom is 0.272 e. The number of nitrogens with zero attached hydrogens (tertiary/aromatic N) is 5. The summed E-state index contributed by atoms with van der Waals surface area (Å²) >= 11 is 0. The summed E-state index contributed by atoms with van der Waals surface area (Å²) < 4.78 is 0. The Bertz CT molecular complexity index is 548. The zero-order valence-corrected chi connectivity index (χ0v) is 14.9. The molecule has 1 aromatic rings. The molecule has 0 saturated carbocycles. The molecule has 0 N–H and O–H groups in total. The highest BCUT2D eigenvalue weighted by Gasteiger charge is 2.24. The maximum absolute atomic E-state index is 12.7. The van der Waals surface area contributed by atoms with Crippen LogP contribution >= 0.6 is 0 Å². The molecular weight excluding hydrogens is 302 g/mol. The summed E-state index contributed by atoms with van der Waals surface area (Å²) in [6, 6.07) is 1.75. The van der Waals surface area contributed by atoms with Crippen LogP contribution in [0.4, 0.5) is 5.95 Å². The predicted molar refractivity (Wildman–Crippen MR) is 95.3 cm³/mol. The molecule has 132 valence electrons. The van der Waals surface area contributed by atoms with Gasteiger partial charge in [-0.2, -0.15) is 0 Å². The molecule has 2 aliphatic rings. The minimum absolute atomic E-state index is 0.0418. The lowest BCUT2D eigenvalue weighted by molar-refractivity contribution is 0.0631. The number of anilines is 1. The Hall–Kier alpha value is -1.69. The Morgan fingerprint density at radius 1 is 1.17 bits per heavy atom. The molecule has 6 heteroatoms. The second-order valence-corrected chi connectivity index (χ2v) is 7.05. The van der Waals surface area contributed by atoms with E-state index < -0.39 is 0 Å².